The minimum Gasteiger partial charge on any atom is -0.495 e. The van der Waals surface area contributed by atoms with E-state index in [9.17, 15) is 14.4 Å². The van der Waals surface area contributed by atoms with Gasteiger partial charge in [0.1, 0.15) is 5.75 Å². The van der Waals surface area contributed by atoms with Crippen molar-refractivity contribution in [3.8, 4) is 11.4 Å². The van der Waals surface area contributed by atoms with Crippen molar-refractivity contribution < 1.29 is 4.74 Å². The molecule has 2 aromatic heterocycles. The monoisotopic (exact) mass is 484 g/mol. The maximum Gasteiger partial charge on any atom is 0.330 e. The van der Waals surface area contributed by atoms with Crippen LogP contribution in [-0.4, -0.2) is 25.8 Å². The topological polar surface area (TPSA) is 88.1 Å². The quantitative estimate of drug-likeness (QED) is 0.319. The number of aromatic nitrogens is 4. The molecule has 4 aromatic rings. The third-order valence-corrected chi connectivity index (χ3v) is 6.56. The summed E-state index contributed by atoms with van der Waals surface area (Å²) in [4.78, 5) is 42.7. The zero-order chi connectivity index (χ0) is 23.9. The average Bonchev–Trinajstić information content (AvgIpc) is 2.79. The van der Waals surface area contributed by atoms with E-state index >= 15 is 0 Å². The third kappa shape index (κ3) is 4.21. The molecule has 0 spiro atoms. The number of hydrogen-bond donors (Lipinski definition) is 0. The van der Waals surface area contributed by atoms with E-state index in [2.05, 4.69) is 0 Å². The number of benzene rings is 2. The highest BCUT2D eigenvalue weighted by Gasteiger charge is 2.18. The number of fused-ring (bicyclic) bond motifs is 1. The zero-order valence-electron chi connectivity index (χ0n) is 18.5. The van der Waals surface area contributed by atoms with Gasteiger partial charge in [-0.25, -0.2) is 9.78 Å². The van der Waals surface area contributed by atoms with Crippen LogP contribution in [0.3, 0.4) is 0 Å². The third-order valence-electron chi connectivity index (χ3n) is 5.35. The van der Waals surface area contributed by atoms with E-state index in [-0.39, 0.29) is 11.3 Å². The number of ether oxygens (including phenoxy) is 1. The van der Waals surface area contributed by atoms with Crippen LogP contribution in [0.2, 0.25) is 5.02 Å². The van der Waals surface area contributed by atoms with Crippen molar-refractivity contribution in [1.29, 1.82) is 0 Å². The first kappa shape index (κ1) is 22.9. The molecule has 0 amide bonds. The molecule has 4 rings (SSSR count). The first-order valence-electron chi connectivity index (χ1n) is 9.97. The lowest BCUT2D eigenvalue weighted by Crippen LogP contribution is -2.37. The maximum atomic E-state index is 13.6. The van der Waals surface area contributed by atoms with Crippen LogP contribution in [0.1, 0.15) is 11.3 Å². The maximum absolute atomic E-state index is 13.6. The number of aryl methyl sites for hydroxylation is 1. The molecule has 0 fully saturated rings. The van der Waals surface area contributed by atoms with Crippen LogP contribution < -0.4 is 21.5 Å². The van der Waals surface area contributed by atoms with Crippen LogP contribution in [0.25, 0.3) is 16.6 Å². The molecule has 0 aliphatic heterocycles. The Morgan fingerprint density at radius 2 is 1.79 bits per heavy atom. The van der Waals surface area contributed by atoms with E-state index in [1.807, 2.05) is 19.1 Å². The van der Waals surface area contributed by atoms with Gasteiger partial charge in [-0.15, -0.1) is 0 Å². The second-order valence-corrected chi connectivity index (χ2v) is 8.91. The molecule has 8 nitrogen and oxygen atoms in total. The summed E-state index contributed by atoms with van der Waals surface area (Å²) in [7, 11) is 4.57. The summed E-state index contributed by atoms with van der Waals surface area (Å²) in [6.07, 6.45) is 0. The fourth-order valence-corrected chi connectivity index (χ4v) is 4.67. The first-order valence-corrected chi connectivity index (χ1v) is 11.3. The highest BCUT2D eigenvalue weighted by Crippen LogP contribution is 2.30. The van der Waals surface area contributed by atoms with Gasteiger partial charge in [0, 0.05) is 36.6 Å². The molecule has 0 N–H and O–H groups in total. The summed E-state index contributed by atoms with van der Waals surface area (Å²) in [5, 5.41) is 1.25. The Hall–Kier alpha value is -3.30. The molecular formula is C23H21ClN4O4S. The average molecular weight is 485 g/mol. The van der Waals surface area contributed by atoms with Crippen molar-refractivity contribution in [3.05, 3.63) is 89.9 Å². The Balaban J connectivity index is 1.93. The summed E-state index contributed by atoms with van der Waals surface area (Å²) in [6.45, 7) is 1.92. The molecule has 0 atom stereocenters. The van der Waals surface area contributed by atoms with Gasteiger partial charge in [-0.3, -0.25) is 23.3 Å². The van der Waals surface area contributed by atoms with Gasteiger partial charge >= 0.3 is 5.69 Å². The van der Waals surface area contributed by atoms with E-state index in [1.165, 1.54) is 41.1 Å². The van der Waals surface area contributed by atoms with Gasteiger partial charge in [-0.1, -0.05) is 29.4 Å². The minimum atomic E-state index is -0.422. The van der Waals surface area contributed by atoms with Crippen LogP contribution in [0.15, 0.2) is 62.0 Å². The standard InChI is InChI=1S/C23H21ClN4O4S/c1-13-5-8-19(32-4)18(9-13)28-21(30)16-7-6-14(24)10-17(16)25-22(28)33-12-15-11-20(29)27(3)23(31)26(15)2/h5-11H,12H2,1-4H3. The summed E-state index contributed by atoms with van der Waals surface area (Å²) in [5.74, 6) is 0.759. The van der Waals surface area contributed by atoms with Crippen LogP contribution in [0.5, 0.6) is 5.75 Å². The van der Waals surface area contributed by atoms with Gasteiger partial charge in [0.2, 0.25) is 0 Å². The predicted octanol–water partition coefficient (Wildman–Crippen LogP) is 3.05. The molecule has 0 unspecified atom stereocenters. The van der Waals surface area contributed by atoms with Gasteiger partial charge in [-0.05, 0) is 42.8 Å². The lowest BCUT2D eigenvalue weighted by Gasteiger charge is -2.17. The van der Waals surface area contributed by atoms with Crippen molar-refractivity contribution >= 4 is 34.3 Å². The number of hydrogen-bond acceptors (Lipinski definition) is 6. The van der Waals surface area contributed by atoms with Crippen LogP contribution in [0.4, 0.5) is 0 Å². The molecule has 0 aliphatic rings. The zero-order valence-corrected chi connectivity index (χ0v) is 20.0. The van der Waals surface area contributed by atoms with Gasteiger partial charge in [0.05, 0.1) is 23.7 Å². The second kappa shape index (κ2) is 8.92. The Labute approximate surface area is 198 Å². The van der Waals surface area contributed by atoms with Gasteiger partial charge in [0.15, 0.2) is 5.16 Å². The van der Waals surface area contributed by atoms with Gasteiger partial charge in [-0.2, -0.15) is 0 Å². The molecule has 2 aromatic carbocycles. The summed E-state index contributed by atoms with van der Waals surface area (Å²) in [5.41, 5.74) is 1.36. The van der Waals surface area contributed by atoms with Crippen molar-refractivity contribution in [2.24, 2.45) is 14.1 Å². The van der Waals surface area contributed by atoms with Gasteiger partial charge < -0.3 is 4.74 Å². The normalized spacial score (nSPS) is 11.2. The number of rotatable bonds is 5. The van der Waals surface area contributed by atoms with Crippen molar-refractivity contribution in [2.75, 3.05) is 7.11 Å². The lowest BCUT2D eigenvalue weighted by molar-refractivity contribution is 0.411. The molecule has 170 valence electrons. The molecule has 0 bridgehead atoms. The Morgan fingerprint density at radius 1 is 1.03 bits per heavy atom. The Bertz CT molecular complexity index is 1570. The van der Waals surface area contributed by atoms with E-state index in [4.69, 9.17) is 21.3 Å². The molecule has 0 radical (unpaired) electrons. The SMILES string of the molecule is COc1ccc(C)cc1-n1c(SCc2cc(=O)n(C)c(=O)n2C)nc2cc(Cl)ccc2c1=O. The molecule has 33 heavy (non-hydrogen) atoms. The molecule has 10 heteroatoms. The Morgan fingerprint density at radius 3 is 2.52 bits per heavy atom. The van der Waals surface area contributed by atoms with E-state index in [1.54, 1.807) is 31.3 Å². The summed E-state index contributed by atoms with van der Waals surface area (Å²) >= 11 is 7.38. The number of nitrogens with zero attached hydrogens (tertiary/aromatic N) is 4. The molecule has 0 saturated heterocycles. The van der Waals surface area contributed by atoms with Crippen molar-refractivity contribution in [3.63, 3.8) is 0 Å². The molecule has 0 aliphatic carbocycles. The summed E-state index contributed by atoms with van der Waals surface area (Å²) < 4.78 is 9.45. The Kier molecular flexibility index (Phi) is 6.18. The van der Waals surface area contributed by atoms with Crippen LogP contribution >= 0.6 is 23.4 Å². The van der Waals surface area contributed by atoms with E-state index < -0.39 is 11.2 Å². The first-order chi connectivity index (χ1) is 15.7. The van der Waals surface area contributed by atoms with Gasteiger partial charge in [0.25, 0.3) is 11.1 Å². The van der Waals surface area contributed by atoms with Crippen molar-refractivity contribution in [1.82, 2.24) is 18.7 Å². The second-order valence-electron chi connectivity index (χ2n) is 7.53. The number of methoxy groups -OCH3 is 1. The molecule has 0 saturated carbocycles. The minimum absolute atomic E-state index is 0.245. The fraction of sp³-hybridized carbons (Fsp3) is 0.217. The molecule has 2 heterocycles. The largest absolute Gasteiger partial charge is 0.495 e. The fourth-order valence-electron chi connectivity index (χ4n) is 3.48. The van der Waals surface area contributed by atoms with Crippen LogP contribution in [0, 0.1) is 6.92 Å². The van der Waals surface area contributed by atoms with E-state index in [0.29, 0.717) is 38.2 Å². The van der Waals surface area contributed by atoms with E-state index in [0.717, 1.165) is 10.1 Å². The smallest absolute Gasteiger partial charge is 0.330 e. The highest BCUT2D eigenvalue weighted by molar-refractivity contribution is 7.98. The lowest BCUT2D eigenvalue weighted by atomic mass is 10.2. The van der Waals surface area contributed by atoms with Crippen molar-refractivity contribution in [2.45, 2.75) is 17.8 Å². The highest BCUT2D eigenvalue weighted by atomic mass is 35.5. The summed E-state index contributed by atoms with van der Waals surface area (Å²) in [6, 6.07) is 11.9. The van der Waals surface area contributed by atoms with Crippen LogP contribution in [-0.2, 0) is 19.8 Å². The molecular weight excluding hydrogens is 464 g/mol. The number of thioether (sulfide) groups is 1. The predicted molar refractivity (Wildman–Crippen MR) is 130 cm³/mol. The number of halogens is 1.